The van der Waals surface area contributed by atoms with E-state index in [0.717, 1.165) is 29.0 Å². The zero-order valence-corrected chi connectivity index (χ0v) is 24.2. The number of halogens is 2. The van der Waals surface area contributed by atoms with Crippen molar-refractivity contribution >= 4 is 27.5 Å². The van der Waals surface area contributed by atoms with Crippen LogP contribution in [0.1, 0.15) is 43.7 Å². The van der Waals surface area contributed by atoms with Gasteiger partial charge in [0.1, 0.15) is 17.7 Å². The van der Waals surface area contributed by atoms with Crippen molar-refractivity contribution in [1.82, 2.24) is 10.2 Å². The largest absolute Gasteiger partial charge is 0.354 e. The van der Waals surface area contributed by atoms with Crippen LogP contribution in [-0.2, 0) is 32.6 Å². The van der Waals surface area contributed by atoms with Gasteiger partial charge in [0, 0.05) is 32.5 Å². The van der Waals surface area contributed by atoms with Crippen LogP contribution < -0.4 is 9.62 Å². The lowest BCUT2D eigenvalue weighted by Crippen LogP contribution is -2.50. The van der Waals surface area contributed by atoms with Gasteiger partial charge in [-0.2, -0.15) is 0 Å². The lowest BCUT2D eigenvalue weighted by atomic mass is 10.0. The molecule has 3 rings (SSSR count). The molecule has 2 amide bonds. The predicted octanol–water partition coefficient (Wildman–Crippen LogP) is 5.07. The molecule has 0 aliphatic rings. The second-order valence-electron chi connectivity index (χ2n) is 9.89. The second-order valence-corrected chi connectivity index (χ2v) is 11.8. The van der Waals surface area contributed by atoms with Crippen LogP contribution in [0.25, 0.3) is 0 Å². The normalized spacial score (nSPS) is 12.0. The number of nitrogens with one attached hydrogen (secondary N) is 1. The Kier molecular flexibility index (Phi) is 11.8. The van der Waals surface area contributed by atoms with Gasteiger partial charge in [0.25, 0.3) is 0 Å². The van der Waals surface area contributed by atoms with E-state index in [1.165, 1.54) is 41.3 Å². The summed E-state index contributed by atoms with van der Waals surface area (Å²) in [5, 5.41) is 2.93. The molecule has 41 heavy (non-hydrogen) atoms. The molecule has 0 bridgehead atoms. The Morgan fingerprint density at radius 2 is 1.54 bits per heavy atom. The fraction of sp³-hybridized carbons (Fsp3) is 0.355. The lowest BCUT2D eigenvalue weighted by molar-refractivity contribution is -0.141. The predicted molar refractivity (Wildman–Crippen MR) is 157 cm³/mol. The molecular weight excluding hydrogens is 548 g/mol. The average Bonchev–Trinajstić information content (AvgIpc) is 2.94. The third kappa shape index (κ3) is 9.67. The highest BCUT2D eigenvalue weighted by Crippen LogP contribution is 2.23. The summed E-state index contributed by atoms with van der Waals surface area (Å²) in [7, 11) is -3.83. The van der Waals surface area contributed by atoms with Crippen LogP contribution in [0.5, 0.6) is 0 Å². The molecule has 7 nitrogen and oxygen atoms in total. The molecule has 0 aliphatic heterocycles. The molecule has 1 atom stereocenters. The van der Waals surface area contributed by atoms with Crippen molar-refractivity contribution in [1.29, 1.82) is 0 Å². The Labute approximate surface area is 241 Å². The summed E-state index contributed by atoms with van der Waals surface area (Å²) in [6.45, 7) is 2.41. The minimum Gasteiger partial charge on any atom is -0.354 e. The van der Waals surface area contributed by atoms with Gasteiger partial charge in [0.15, 0.2) is 0 Å². The topological polar surface area (TPSA) is 86.8 Å². The highest BCUT2D eigenvalue weighted by Gasteiger charge is 2.30. The van der Waals surface area contributed by atoms with Crippen molar-refractivity contribution in [3.63, 3.8) is 0 Å². The summed E-state index contributed by atoms with van der Waals surface area (Å²) in [5.74, 6) is -1.78. The third-order valence-corrected chi connectivity index (χ3v) is 7.82. The number of unbranched alkanes of at least 4 members (excludes halogenated alkanes) is 1. The van der Waals surface area contributed by atoms with Crippen LogP contribution in [0, 0.1) is 11.6 Å². The number of anilines is 1. The number of para-hydroxylation sites is 1. The summed E-state index contributed by atoms with van der Waals surface area (Å²) in [4.78, 5) is 28.7. The molecule has 1 N–H and O–H groups in total. The van der Waals surface area contributed by atoms with Gasteiger partial charge in [0.2, 0.25) is 21.8 Å². The number of carbonyl (C=O) groups is 2. The summed E-state index contributed by atoms with van der Waals surface area (Å²) >= 11 is 0. The van der Waals surface area contributed by atoms with E-state index in [4.69, 9.17) is 0 Å². The summed E-state index contributed by atoms with van der Waals surface area (Å²) < 4.78 is 53.9. The molecular formula is C31H37F2N3O4S. The average molecular weight is 586 g/mol. The molecule has 3 aromatic rings. The Bertz CT molecular complexity index is 1390. The zero-order valence-electron chi connectivity index (χ0n) is 23.4. The van der Waals surface area contributed by atoms with E-state index in [0.29, 0.717) is 12.1 Å². The van der Waals surface area contributed by atoms with Gasteiger partial charge in [-0.05, 0) is 48.2 Å². The van der Waals surface area contributed by atoms with E-state index in [-0.39, 0.29) is 49.9 Å². The van der Waals surface area contributed by atoms with Crippen molar-refractivity contribution in [2.45, 2.75) is 51.6 Å². The summed E-state index contributed by atoms with van der Waals surface area (Å²) in [6.07, 6.45) is 2.92. The minimum absolute atomic E-state index is 0.0565. The number of rotatable bonds is 15. The zero-order chi connectivity index (χ0) is 29.8. The number of nitrogens with zero attached hydrogens (tertiary/aromatic N) is 2. The second kappa shape index (κ2) is 15.3. The van der Waals surface area contributed by atoms with Crippen LogP contribution in [0.3, 0.4) is 0 Å². The maximum atomic E-state index is 14.4. The molecule has 3 aromatic carbocycles. The van der Waals surface area contributed by atoms with Crippen molar-refractivity contribution in [3.05, 3.63) is 102 Å². The van der Waals surface area contributed by atoms with E-state index in [2.05, 4.69) is 5.32 Å². The monoisotopic (exact) mass is 585 g/mol. The smallest absolute Gasteiger partial charge is 0.243 e. The van der Waals surface area contributed by atoms with Crippen LogP contribution in [0.15, 0.2) is 78.9 Å². The number of hydrogen-bond donors (Lipinski definition) is 1. The van der Waals surface area contributed by atoms with Gasteiger partial charge in [-0.3, -0.25) is 13.9 Å². The van der Waals surface area contributed by atoms with Gasteiger partial charge in [-0.15, -0.1) is 0 Å². The van der Waals surface area contributed by atoms with Crippen LogP contribution in [-0.4, -0.2) is 50.5 Å². The molecule has 0 radical (unpaired) electrons. The van der Waals surface area contributed by atoms with E-state index in [1.54, 1.807) is 12.1 Å². The fourth-order valence-corrected chi connectivity index (χ4v) is 5.45. The first-order valence-corrected chi connectivity index (χ1v) is 15.5. The molecule has 0 heterocycles. The highest BCUT2D eigenvalue weighted by molar-refractivity contribution is 7.92. The maximum Gasteiger partial charge on any atom is 0.243 e. The number of hydrogen-bond acceptors (Lipinski definition) is 4. The first-order chi connectivity index (χ1) is 19.6. The Morgan fingerprint density at radius 3 is 2.17 bits per heavy atom. The molecule has 10 heteroatoms. The van der Waals surface area contributed by atoms with Crippen molar-refractivity contribution in [3.8, 4) is 0 Å². The first kappa shape index (κ1) is 31.7. The summed E-state index contributed by atoms with van der Waals surface area (Å²) in [5.41, 5.74) is 1.41. The van der Waals surface area contributed by atoms with Crippen LogP contribution in [0.2, 0.25) is 0 Å². The van der Waals surface area contributed by atoms with Gasteiger partial charge in [-0.25, -0.2) is 17.2 Å². The number of carbonyl (C=O) groups excluding carboxylic acids is 2. The molecule has 1 unspecified atom stereocenters. The molecule has 0 aliphatic carbocycles. The van der Waals surface area contributed by atoms with Crippen molar-refractivity contribution in [2.75, 3.05) is 23.7 Å². The maximum absolute atomic E-state index is 14.4. The SMILES string of the molecule is CCCCNC(=O)C(Cc1ccccc1)N(Cc1ccc(F)cc1)C(=O)CCCN(c1ccccc1F)S(C)(=O)=O. The van der Waals surface area contributed by atoms with Crippen molar-refractivity contribution in [2.24, 2.45) is 0 Å². The molecule has 0 aromatic heterocycles. The first-order valence-electron chi connectivity index (χ1n) is 13.7. The van der Waals surface area contributed by atoms with Crippen LogP contribution >= 0.6 is 0 Å². The number of sulfonamides is 1. The molecule has 220 valence electrons. The third-order valence-electron chi connectivity index (χ3n) is 6.64. The van der Waals surface area contributed by atoms with Crippen LogP contribution in [0.4, 0.5) is 14.5 Å². The van der Waals surface area contributed by atoms with Gasteiger partial charge in [-0.1, -0.05) is 67.9 Å². The number of amides is 2. The van der Waals surface area contributed by atoms with Gasteiger partial charge >= 0.3 is 0 Å². The molecule has 0 saturated carbocycles. The lowest BCUT2D eigenvalue weighted by Gasteiger charge is -2.32. The highest BCUT2D eigenvalue weighted by atomic mass is 32.2. The van der Waals surface area contributed by atoms with E-state index in [1.807, 2.05) is 37.3 Å². The minimum atomic E-state index is -3.83. The quantitative estimate of drug-likeness (QED) is 0.253. The van der Waals surface area contributed by atoms with Gasteiger partial charge in [0.05, 0.1) is 11.9 Å². The van der Waals surface area contributed by atoms with E-state index >= 15 is 0 Å². The Balaban J connectivity index is 1.87. The Hall–Kier alpha value is -3.79. The van der Waals surface area contributed by atoms with Crippen molar-refractivity contribution < 1.29 is 26.8 Å². The standard InChI is InChI=1S/C31H37F2N3O4S/c1-3-4-20-34-31(38)29(22-24-11-6-5-7-12-24)35(23-25-16-18-26(32)19-17-25)30(37)15-10-21-36(41(2,39)40)28-14-9-8-13-27(28)33/h5-9,11-14,16-19,29H,3-4,10,15,20-23H2,1-2H3,(H,34,38). The molecule has 0 fully saturated rings. The number of benzene rings is 3. The molecule has 0 saturated heterocycles. The summed E-state index contributed by atoms with van der Waals surface area (Å²) in [6, 6.07) is 19.8. The Morgan fingerprint density at radius 1 is 0.878 bits per heavy atom. The molecule has 0 spiro atoms. The fourth-order valence-electron chi connectivity index (χ4n) is 4.48. The van der Waals surface area contributed by atoms with E-state index < -0.39 is 27.7 Å². The van der Waals surface area contributed by atoms with E-state index in [9.17, 15) is 26.8 Å². The van der Waals surface area contributed by atoms with Gasteiger partial charge < -0.3 is 10.2 Å².